The van der Waals surface area contributed by atoms with Crippen molar-refractivity contribution in [3.05, 3.63) is 63.6 Å². The van der Waals surface area contributed by atoms with Gasteiger partial charge < -0.3 is 10.4 Å². The lowest BCUT2D eigenvalue weighted by atomic mass is 9.90. The second kappa shape index (κ2) is 9.49. The first-order valence-corrected chi connectivity index (χ1v) is 10.4. The molecule has 0 aromatic heterocycles. The van der Waals surface area contributed by atoms with Crippen LogP contribution in [0.3, 0.4) is 0 Å². The molecule has 0 heterocycles. The molecule has 2 aromatic carbocycles. The molecule has 0 aliphatic heterocycles. The fourth-order valence-corrected chi connectivity index (χ4v) is 3.91. The molecule has 1 aliphatic rings. The fourth-order valence-electron chi connectivity index (χ4n) is 3.62. The second-order valence-electron chi connectivity index (χ2n) is 7.69. The molecule has 2 atom stereocenters. The van der Waals surface area contributed by atoms with E-state index in [1.165, 1.54) is 30.3 Å². The molecule has 1 amide bonds. The van der Waals surface area contributed by atoms with E-state index in [0.29, 0.717) is 10.6 Å². The molecule has 0 bridgehead atoms. The van der Waals surface area contributed by atoms with Crippen LogP contribution in [-0.4, -0.2) is 23.2 Å². The summed E-state index contributed by atoms with van der Waals surface area (Å²) in [6.07, 6.45) is -4.16. The van der Waals surface area contributed by atoms with E-state index in [-0.39, 0.29) is 34.5 Å². The van der Waals surface area contributed by atoms with Gasteiger partial charge in [0, 0.05) is 5.02 Å². The Labute approximate surface area is 187 Å². The highest BCUT2D eigenvalue weighted by Gasteiger charge is 2.37. The number of anilines is 1. The van der Waals surface area contributed by atoms with Crippen LogP contribution in [0.5, 0.6) is 0 Å². The number of amides is 1. The normalized spacial score (nSPS) is 15.9. The van der Waals surface area contributed by atoms with E-state index in [9.17, 15) is 27.9 Å². The van der Waals surface area contributed by atoms with Gasteiger partial charge in [-0.15, -0.1) is 0 Å². The van der Waals surface area contributed by atoms with Crippen LogP contribution >= 0.6 is 23.2 Å². The Hall–Kier alpha value is -2.25. The van der Waals surface area contributed by atoms with Crippen molar-refractivity contribution in [1.29, 1.82) is 0 Å². The molecule has 2 aromatic rings. The summed E-state index contributed by atoms with van der Waals surface area (Å²) in [4.78, 5) is 24.1. The summed E-state index contributed by atoms with van der Waals surface area (Å²) >= 11 is 12.0. The minimum atomic E-state index is -4.56. The van der Waals surface area contributed by atoms with Gasteiger partial charge in [0.2, 0.25) is 5.91 Å². The van der Waals surface area contributed by atoms with Crippen LogP contribution < -0.4 is 5.32 Å². The van der Waals surface area contributed by atoms with Gasteiger partial charge in [-0.1, -0.05) is 41.4 Å². The molecular weight excluding hydrogens is 454 g/mol. The van der Waals surface area contributed by atoms with Crippen molar-refractivity contribution in [3.8, 4) is 0 Å². The maximum atomic E-state index is 13.1. The third kappa shape index (κ3) is 6.61. The molecule has 9 heteroatoms. The predicted molar refractivity (Wildman–Crippen MR) is 113 cm³/mol. The van der Waals surface area contributed by atoms with Crippen LogP contribution in [-0.2, 0) is 9.59 Å². The number of benzene rings is 2. The van der Waals surface area contributed by atoms with Crippen molar-refractivity contribution in [1.82, 2.24) is 0 Å². The third-order valence-electron chi connectivity index (χ3n) is 5.29. The van der Waals surface area contributed by atoms with E-state index in [1.54, 1.807) is 12.1 Å². The van der Waals surface area contributed by atoms with Crippen molar-refractivity contribution >= 4 is 40.8 Å². The Morgan fingerprint density at radius 1 is 1.06 bits per heavy atom. The molecule has 0 saturated heterocycles. The summed E-state index contributed by atoms with van der Waals surface area (Å²) in [5.74, 6) is -3.30. The van der Waals surface area contributed by atoms with Crippen molar-refractivity contribution in [3.63, 3.8) is 0 Å². The van der Waals surface area contributed by atoms with Gasteiger partial charge >= 0.3 is 12.1 Å². The molecule has 1 fully saturated rings. The van der Waals surface area contributed by atoms with E-state index in [0.717, 1.165) is 12.8 Å². The Kier molecular flexibility index (Phi) is 7.17. The fraction of sp³-hybridized carbons (Fsp3) is 0.364. The lowest BCUT2D eigenvalue weighted by Gasteiger charge is -2.21. The highest BCUT2D eigenvalue weighted by atomic mass is 35.5. The number of aliphatic carboxylic acids is 1. The van der Waals surface area contributed by atoms with E-state index >= 15 is 0 Å². The number of hydrogen-bond donors (Lipinski definition) is 2. The average Bonchev–Trinajstić information content (AvgIpc) is 3.51. The SMILES string of the molecule is O=C(O)CC(c1ccc(Cl)c(NC(=O)[C@@H](CC(F)(F)F)c2ccc(Cl)cc2)c1)C1CC1. The van der Waals surface area contributed by atoms with Crippen LogP contribution in [0.2, 0.25) is 10.0 Å². The van der Waals surface area contributed by atoms with Gasteiger partial charge in [-0.2, -0.15) is 13.2 Å². The Morgan fingerprint density at radius 3 is 2.23 bits per heavy atom. The highest BCUT2D eigenvalue weighted by Crippen LogP contribution is 2.45. The minimum Gasteiger partial charge on any atom is -0.481 e. The predicted octanol–water partition coefficient (Wildman–Crippen LogP) is 6.64. The molecule has 1 saturated carbocycles. The third-order valence-corrected chi connectivity index (χ3v) is 5.87. The van der Waals surface area contributed by atoms with Crippen molar-refractivity contribution < 1.29 is 27.9 Å². The van der Waals surface area contributed by atoms with E-state index in [4.69, 9.17) is 23.2 Å². The summed E-state index contributed by atoms with van der Waals surface area (Å²) in [7, 11) is 0. The van der Waals surface area contributed by atoms with Gasteiger partial charge in [0.1, 0.15) is 0 Å². The van der Waals surface area contributed by atoms with Gasteiger partial charge in [-0.25, -0.2) is 0 Å². The number of rotatable bonds is 8. The molecule has 0 radical (unpaired) electrons. The van der Waals surface area contributed by atoms with Crippen LogP contribution in [0.25, 0.3) is 0 Å². The smallest absolute Gasteiger partial charge is 0.390 e. The van der Waals surface area contributed by atoms with Gasteiger partial charge in [0.15, 0.2) is 0 Å². The number of carbonyl (C=O) groups excluding carboxylic acids is 1. The van der Waals surface area contributed by atoms with Gasteiger partial charge in [-0.05, 0) is 60.1 Å². The van der Waals surface area contributed by atoms with Gasteiger partial charge in [0.25, 0.3) is 0 Å². The Balaban J connectivity index is 1.87. The summed E-state index contributed by atoms with van der Waals surface area (Å²) in [5, 5.41) is 12.2. The van der Waals surface area contributed by atoms with E-state index in [1.807, 2.05) is 0 Å². The van der Waals surface area contributed by atoms with Crippen LogP contribution in [0.1, 0.15) is 48.6 Å². The van der Waals surface area contributed by atoms with Crippen molar-refractivity contribution in [2.45, 2.75) is 43.7 Å². The molecule has 166 valence electrons. The summed E-state index contributed by atoms with van der Waals surface area (Å²) in [6, 6.07) is 10.4. The number of nitrogens with one attached hydrogen (secondary N) is 1. The molecule has 31 heavy (non-hydrogen) atoms. The summed E-state index contributed by atoms with van der Waals surface area (Å²) in [5.41, 5.74) is 1.01. The molecule has 3 rings (SSSR count). The zero-order valence-corrected chi connectivity index (χ0v) is 17.8. The first-order valence-electron chi connectivity index (χ1n) is 9.68. The molecule has 0 spiro atoms. The molecule has 1 aliphatic carbocycles. The molecule has 1 unspecified atom stereocenters. The average molecular weight is 474 g/mol. The molecule has 2 N–H and O–H groups in total. The quantitative estimate of drug-likeness (QED) is 0.451. The van der Waals surface area contributed by atoms with Crippen molar-refractivity contribution in [2.75, 3.05) is 5.32 Å². The standard InChI is InChI=1S/C22H20Cl2F3NO3/c23-15-6-3-13(4-7-15)17(11-22(25,26)27)21(31)28-19-9-14(5-8-18(19)24)16(10-20(29)30)12-1-2-12/h3-9,12,16-17H,1-2,10-11H2,(H,28,31)(H,29,30)/t16?,17-/m0/s1. The maximum absolute atomic E-state index is 13.1. The lowest BCUT2D eigenvalue weighted by Crippen LogP contribution is -2.26. The molecular formula is C22H20Cl2F3NO3. The first kappa shape index (κ1) is 23.4. The second-order valence-corrected chi connectivity index (χ2v) is 8.54. The van der Waals surface area contributed by atoms with Crippen LogP contribution in [0.15, 0.2) is 42.5 Å². The lowest BCUT2D eigenvalue weighted by molar-refractivity contribution is -0.146. The zero-order chi connectivity index (χ0) is 22.8. The maximum Gasteiger partial charge on any atom is 0.390 e. The van der Waals surface area contributed by atoms with Crippen molar-refractivity contribution in [2.24, 2.45) is 5.92 Å². The summed E-state index contributed by atoms with van der Waals surface area (Å²) < 4.78 is 39.4. The number of carboxylic acids is 1. The number of hydrogen-bond acceptors (Lipinski definition) is 2. The Bertz CT molecular complexity index is 959. The van der Waals surface area contributed by atoms with E-state index in [2.05, 4.69) is 5.32 Å². The first-order chi connectivity index (χ1) is 14.5. The highest BCUT2D eigenvalue weighted by molar-refractivity contribution is 6.33. The number of alkyl halides is 3. The van der Waals surface area contributed by atoms with Crippen LogP contribution in [0, 0.1) is 5.92 Å². The largest absolute Gasteiger partial charge is 0.481 e. The van der Waals surface area contributed by atoms with Gasteiger partial charge in [0.05, 0.1) is 29.5 Å². The minimum absolute atomic E-state index is 0.0683. The van der Waals surface area contributed by atoms with E-state index < -0.39 is 30.4 Å². The number of carbonyl (C=O) groups is 2. The topological polar surface area (TPSA) is 66.4 Å². The van der Waals surface area contributed by atoms with Gasteiger partial charge in [-0.3, -0.25) is 9.59 Å². The number of halogens is 5. The monoisotopic (exact) mass is 473 g/mol. The zero-order valence-electron chi connectivity index (χ0n) is 16.3. The Morgan fingerprint density at radius 2 is 1.68 bits per heavy atom. The number of carboxylic acid groups (broad SMARTS) is 1. The molecule has 4 nitrogen and oxygen atoms in total. The van der Waals surface area contributed by atoms with Crippen LogP contribution in [0.4, 0.5) is 18.9 Å². The summed E-state index contributed by atoms with van der Waals surface area (Å²) in [6.45, 7) is 0.